The van der Waals surface area contributed by atoms with E-state index in [0.717, 1.165) is 12.0 Å². The summed E-state index contributed by atoms with van der Waals surface area (Å²) in [7, 11) is 1.31. The number of esters is 1. The van der Waals surface area contributed by atoms with Gasteiger partial charge in [-0.2, -0.15) is 0 Å². The van der Waals surface area contributed by atoms with Crippen LogP contribution >= 0.6 is 11.6 Å². The third-order valence-electron chi connectivity index (χ3n) is 2.91. The number of para-hydroxylation sites is 1. The molecule has 1 aliphatic rings. The molecule has 1 aromatic rings. The topological polar surface area (TPSA) is 46.6 Å². The number of aryl methyl sites for hydroxylation is 1. The van der Waals surface area contributed by atoms with Gasteiger partial charge in [0.1, 0.15) is 6.04 Å². The smallest absolute Gasteiger partial charge is 0.329 e. The van der Waals surface area contributed by atoms with Crippen molar-refractivity contribution in [3.05, 3.63) is 29.8 Å². The maximum absolute atomic E-state index is 11.6. The van der Waals surface area contributed by atoms with Gasteiger partial charge in [-0.3, -0.25) is 9.69 Å². The first-order valence-corrected chi connectivity index (χ1v) is 5.67. The Kier molecular flexibility index (Phi) is 3.33. The average Bonchev–Trinajstić information content (AvgIpc) is 2.36. The molecule has 1 aromatic carbocycles. The van der Waals surface area contributed by atoms with Gasteiger partial charge in [-0.1, -0.05) is 18.2 Å². The molecular formula is C12H12ClNO3. The van der Waals surface area contributed by atoms with Gasteiger partial charge in [0.2, 0.25) is 0 Å². The number of nitrogens with zero attached hydrogens (tertiary/aromatic N) is 1. The summed E-state index contributed by atoms with van der Waals surface area (Å²) in [6, 6.07) is 6.79. The van der Waals surface area contributed by atoms with Crippen molar-refractivity contribution in [1.29, 1.82) is 0 Å². The predicted octanol–water partition coefficient (Wildman–Crippen LogP) is 2.34. The second-order valence-corrected chi connectivity index (χ2v) is 4.15. The number of carbonyl (C=O) groups is 2. The van der Waals surface area contributed by atoms with Gasteiger partial charge < -0.3 is 4.74 Å². The zero-order chi connectivity index (χ0) is 12.4. The zero-order valence-corrected chi connectivity index (χ0v) is 10.1. The number of rotatable bonds is 1. The van der Waals surface area contributed by atoms with E-state index in [0.29, 0.717) is 12.1 Å². The molecule has 17 heavy (non-hydrogen) atoms. The van der Waals surface area contributed by atoms with E-state index in [1.807, 2.05) is 18.2 Å². The van der Waals surface area contributed by atoms with E-state index in [1.54, 1.807) is 6.07 Å². The van der Waals surface area contributed by atoms with Gasteiger partial charge in [0.05, 0.1) is 7.11 Å². The minimum atomic E-state index is -0.660. The quantitative estimate of drug-likeness (QED) is 0.438. The minimum absolute atomic E-state index is 0.437. The Bertz CT molecular complexity index is 461. The van der Waals surface area contributed by atoms with Crippen molar-refractivity contribution in [3.8, 4) is 0 Å². The second kappa shape index (κ2) is 4.75. The van der Waals surface area contributed by atoms with E-state index >= 15 is 0 Å². The molecular weight excluding hydrogens is 242 g/mol. The summed E-state index contributed by atoms with van der Waals surface area (Å²) >= 11 is 5.56. The molecule has 2 rings (SSSR count). The Hall–Kier alpha value is -1.55. The Morgan fingerprint density at radius 3 is 2.76 bits per heavy atom. The van der Waals surface area contributed by atoms with Crippen LogP contribution in [-0.2, 0) is 16.0 Å². The molecule has 0 saturated heterocycles. The van der Waals surface area contributed by atoms with E-state index in [9.17, 15) is 9.59 Å². The lowest BCUT2D eigenvalue weighted by Gasteiger charge is -2.33. The molecule has 5 heteroatoms. The number of amides is 1. The number of halogens is 1. The molecule has 0 fully saturated rings. The van der Waals surface area contributed by atoms with Gasteiger partial charge in [0.15, 0.2) is 0 Å². The zero-order valence-electron chi connectivity index (χ0n) is 9.35. The SMILES string of the molecule is COC(=O)C1CCc2ccccc2N1C(=O)Cl. The van der Waals surface area contributed by atoms with E-state index < -0.39 is 17.4 Å². The number of ether oxygens (including phenoxy) is 1. The second-order valence-electron chi connectivity index (χ2n) is 3.83. The Morgan fingerprint density at radius 2 is 2.12 bits per heavy atom. The summed E-state index contributed by atoms with van der Waals surface area (Å²) in [6.07, 6.45) is 1.26. The lowest BCUT2D eigenvalue weighted by molar-refractivity contribution is -0.142. The molecule has 0 N–H and O–H groups in total. The monoisotopic (exact) mass is 253 g/mol. The fourth-order valence-electron chi connectivity index (χ4n) is 2.12. The van der Waals surface area contributed by atoms with Gasteiger partial charge >= 0.3 is 11.3 Å². The third-order valence-corrected chi connectivity index (χ3v) is 3.09. The highest BCUT2D eigenvalue weighted by Gasteiger charge is 2.35. The van der Waals surface area contributed by atoms with Crippen molar-refractivity contribution in [2.75, 3.05) is 12.0 Å². The summed E-state index contributed by atoms with van der Waals surface area (Å²) in [5.74, 6) is -0.437. The third kappa shape index (κ3) is 2.13. The Morgan fingerprint density at radius 1 is 1.41 bits per heavy atom. The van der Waals surface area contributed by atoms with Crippen molar-refractivity contribution in [2.45, 2.75) is 18.9 Å². The van der Waals surface area contributed by atoms with Gasteiger partial charge in [0, 0.05) is 5.69 Å². The lowest BCUT2D eigenvalue weighted by atomic mass is 9.96. The fraction of sp³-hybridized carbons (Fsp3) is 0.333. The predicted molar refractivity (Wildman–Crippen MR) is 64.3 cm³/mol. The van der Waals surface area contributed by atoms with Crippen LogP contribution in [0.5, 0.6) is 0 Å². The Labute approximate surface area is 104 Å². The first-order chi connectivity index (χ1) is 8.15. The van der Waals surface area contributed by atoms with E-state index in [1.165, 1.54) is 12.0 Å². The molecule has 1 heterocycles. The van der Waals surface area contributed by atoms with E-state index in [4.69, 9.17) is 16.3 Å². The summed E-state index contributed by atoms with van der Waals surface area (Å²) in [5, 5.41) is -0.660. The van der Waals surface area contributed by atoms with Gasteiger partial charge in [-0.15, -0.1) is 0 Å². The number of hydrogen-bond donors (Lipinski definition) is 0. The van der Waals surface area contributed by atoms with Crippen LogP contribution in [-0.4, -0.2) is 24.5 Å². The number of hydrogen-bond acceptors (Lipinski definition) is 3. The summed E-state index contributed by atoms with van der Waals surface area (Å²) in [4.78, 5) is 24.4. The molecule has 1 unspecified atom stereocenters. The highest BCUT2D eigenvalue weighted by atomic mass is 35.5. The highest BCUT2D eigenvalue weighted by molar-refractivity contribution is 6.66. The number of anilines is 1. The van der Waals surface area contributed by atoms with Gasteiger partial charge in [0.25, 0.3) is 0 Å². The van der Waals surface area contributed by atoms with Crippen molar-refractivity contribution in [3.63, 3.8) is 0 Å². The Balaban J connectivity index is 2.43. The maximum Gasteiger partial charge on any atom is 0.329 e. The number of fused-ring (bicyclic) bond motifs is 1. The van der Waals surface area contributed by atoms with Crippen molar-refractivity contribution >= 4 is 28.6 Å². The van der Waals surface area contributed by atoms with Gasteiger partial charge in [-0.05, 0) is 36.1 Å². The van der Waals surface area contributed by atoms with Crippen molar-refractivity contribution in [2.24, 2.45) is 0 Å². The molecule has 1 aliphatic heterocycles. The van der Waals surface area contributed by atoms with Crippen LogP contribution in [0.2, 0.25) is 0 Å². The molecule has 4 nitrogen and oxygen atoms in total. The van der Waals surface area contributed by atoms with Crippen LogP contribution in [0.1, 0.15) is 12.0 Å². The van der Waals surface area contributed by atoms with Crippen LogP contribution in [0, 0.1) is 0 Å². The van der Waals surface area contributed by atoms with Crippen LogP contribution in [0.3, 0.4) is 0 Å². The molecule has 0 spiro atoms. The normalized spacial score (nSPS) is 18.5. The lowest BCUT2D eigenvalue weighted by Crippen LogP contribution is -2.46. The summed E-state index contributed by atoms with van der Waals surface area (Å²) in [6.45, 7) is 0. The van der Waals surface area contributed by atoms with Crippen LogP contribution < -0.4 is 4.90 Å². The van der Waals surface area contributed by atoms with E-state index in [2.05, 4.69) is 0 Å². The largest absolute Gasteiger partial charge is 0.467 e. The standard InChI is InChI=1S/C12H12ClNO3/c1-17-11(15)10-7-6-8-4-2-3-5-9(8)14(10)12(13)16/h2-5,10H,6-7H2,1H3. The molecule has 0 aliphatic carbocycles. The molecule has 1 atom stereocenters. The molecule has 0 radical (unpaired) electrons. The first-order valence-electron chi connectivity index (χ1n) is 5.29. The number of carbonyl (C=O) groups excluding carboxylic acids is 2. The summed E-state index contributed by atoms with van der Waals surface area (Å²) in [5.41, 5.74) is 1.70. The van der Waals surface area contributed by atoms with Crippen molar-refractivity contribution in [1.82, 2.24) is 0 Å². The minimum Gasteiger partial charge on any atom is -0.467 e. The van der Waals surface area contributed by atoms with Crippen LogP contribution in [0.25, 0.3) is 0 Å². The maximum atomic E-state index is 11.6. The number of methoxy groups -OCH3 is 1. The van der Waals surface area contributed by atoms with E-state index in [-0.39, 0.29) is 0 Å². The van der Waals surface area contributed by atoms with Crippen molar-refractivity contribution < 1.29 is 14.3 Å². The first kappa shape index (κ1) is 11.9. The fourth-order valence-corrected chi connectivity index (χ4v) is 2.33. The van der Waals surface area contributed by atoms with Crippen LogP contribution in [0.15, 0.2) is 24.3 Å². The highest BCUT2D eigenvalue weighted by Crippen LogP contribution is 2.31. The molecule has 0 aromatic heterocycles. The average molecular weight is 254 g/mol. The molecule has 90 valence electrons. The summed E-state index contributed by atoms with van der Waals surface area (Å²) < 4.78 is 4.69. The number of benzene rings is 1. The molecule has 0 bridgehead atoms. The molecule has 1 amide bonds. The molecule has 0 saturated carbocycles. The van der Waals surface area contributed by atoms with Crippen LogP contribution in [0.4, 0.5) is 10.5 Å². The van der Waals surface area contributed by atoms with Gasteiger partial charge in [-0.25, -0.2) is 4.79 Å².